The van der Waals surface area contributed by atoms with E-state index in [1.165, 1.54) is 11.7 Å². The highest BCUT2D eigenvalue weighted by Gasteiger charge is 1.99. The highest BCUT2D eigenvalue weighted by atomic mass is 32.1. The fraction of sp³-hybridized carbons (Fsp3) is 0.400. The Kier molecular flexibility index (Phi) is 4.97. The second-order valence-electron chi connectivity index (χ2n) is 5.13. The van der Waals surface area contributed by atoms with Crippen molar-refractivity contribution >= 4 is 28.4 Å². The van der Waals surface area contributed by atoms with Gasteiger partial charge in [-0.1, -0.05) is 6.92 Å². The molecule has 0 amide bonds. The molecule has 0 aliphatic rings. The summed E-state index contributed by atoms with van der Waals surface area (Å²) in [7, 11) is 0. The van der Waals surface area contributed by atoms with Gasteiger partial charge in [-0.15, -0.1) is 0 Å². The van der Waals surface area contributed by atoms with Crippen LogP contribution in [0.25, 0.3) is 11.0 Å². The van der Waals surface area contributed by atoms with Crippen molar-refractivity contribution in [2.75, 3.05) is 18.5 Å². The average molecular weight is 316 g/mol. The predicted octanol–water partition coefficient (Wildman–Crippen LogP) is 2.50. The molecule has 0 aliphatic carbocycles. The first kappa shape index (κ1) is 14.9. The minimum absolute atomic E-state index is 0.743. The van der Waals surface area contributed by atoms with Crippen LogP contribution in [-0.4, -0.2) is 31.5 Å². The number of imidazole rings is 1. The second kappa shape index (κ2) is 7.33. The van der Waals surface area contributed by atoms with Crippen LogP contribution < -0.4 is 10.6 Å². The topological polar surface area (TPSA) is 67.7 Å². The monoisotopic (exact) mass is 316 g/mol. The van der Waals surface area contributed by atoms with Crippen LogP contribution in [0.15, 0.2) is 30.7 Å². The molecule has 2 aromatic heterocycles. The Balaban J connectivity index is 1.34. The maximum absolute atomic E-state index is 4.33. The molecule has 0 unspecified atom stereocenters. The van der Waals surface area contributed by atoms with E-state index in [0.717, 1.165) is 55.0 Å². The van der Waals surface area contributed by atoms with Crippen molar-refractivity contribution in [3.8, 4) is 0 Å². The van der Waals surface area contributed by atoms with Crippen molar-refractivity contribution in [3.63, 3.8) is 0 Å². The van der Waals surface area contributed by atoms with Crippen LogP contribution in [0.3, 0.4) is 0 Å². The molecule has 22 heavy (non-hydrogen) atoms. The SMILES string of the molecule is CCc1cn(CCCNCNc2ccc3nsnc3c2)cn1. The molecule has 2 heterocycles. The lowest BCUT2D eigenvalue weighted by Gasteiger charge is -2.08. The van der Waals surface area contributed by atoms with Crippen LogP contribution in [0.5, 0.6) is 0 Å². The zero-order valence-corrected chi connectivity index (χ0v) is 13.4. The van der Waals surface area contributed by atoms with Gasteiger partial charge in [-0.25, -0.2) is 4.98 Å². The summed E-state index contributed by atoms with van der Waals surface area (Å²) in [5.74, 6) is 0. The Bertz CT molecular complexity index is 719. The molecule has 0 radical (unpaired) electrons. The third kappa shape index (κ3) is 3.80. The van der Waals surface area contributed by atoms with Crippen molar-refractivity contribution in [1.29, 1.82) is 0 Å². The first-order valence-electron chi connectivity index (χ1n) is 7.52. The largest absolute Gasteiger partial charge is 0.372 e. The van der Waals surface area contributed by atoms with E-state index >= 15 is 0 Å². The Hall–Kier alpha value is -1.99. The molecule has 0 aliphatic heterocycles. The summed E-state index contributed by atoms with van der Waals surface area (Å²) in [6.07, 6.45) is 6.10. The van der Waals surface area contributed by atoms with Gasteiger partial charge in [-0.05, 0) is 37.6 Å². The van der Waals surface area contributed by atoms with Gasteiger partial charge < -0.3 is 15.2 Å². The third-order valence-corrected chi connectivity index (χ3v) is 4.05. The molecule has 3 rings (SSSR count). The van der Waals surface area contributed by atoms with Gasteiger partial charge in [-0.2, -0.15) is 8.75 Å². The van der Waals surface area contributed by atoms with Crippen molar-refractivity contribution in [3.05, 3.63) is 36.4 Å². The number of aryl methyl sites for hydroxylation is 2. The Morgan fingerprint density at radius 2 is 2.14 bits per heavy atom. The minimum Gasteiger partial charge on any atom is -0.372 e. The highest BCUT2D eigenvalue weighted by molar-refractivity contribution is 7.00. The zero-order valence-electron chi connectivity index (χ0n) is 12.6. The number of fused-ring (bicyclic) bond motifs is 1. The lowest BCUT2D eigenvalue weighted by atomic mass is 10.3. The number of hydrogen-bond acceptors (Lipinski definition) is 6. The van der Waals surface area contributed by atoms with Crippen molar-refractivity contribution in [2.45, 2.75) is 26.3 Å². The quantitative estimate of drug-likeness (QED) is 0.494. The van der Waals surface area contributed by atoms with E-state index in [4.69, 9.17) is 0 Å². The predicted molar refractivity (Wildman–Crippen MR) is 90.1 cm³/mol. The number of anilines is 1. The third-order valence-electron chi connectivity index (χ3n) is 3.49. The molecule has 0 saturated carbocycles. The fourth-order valence-electron chi connectivity index (χ4n) is 2.24. The van der Waals surface area contributed by atoms with Gasteiger partial charge in [0, 0.05) is 18.4 Å². The van der Waals surface area contributed by atoms with Gasteiger partial charge in [0.25, 0.3) is 0 Å². The van der Waals surface area contributed by atoms with Crippen LogP contribution >= 0.6 is 11.7 Å². The number of aromatic nitrogens is 4. The maximum atomic E-state index is 4.33. The maximum Gasteiger partial charge on any atom is 0.106 e. The molecule has 0 fully saturated rings. The van der Waals surface area contributed by atoms with E-state index in [1.807, 2.05) is 24.5 Å². The summed E-state index contributed by atoms with van der Waals surface area (Å²) in [6, 6.07) is 6.05. The van der Waals surface area contributed by atoms with Crippen LogP contribution in [0, 0.1) is 0 Å². The van der Waals surface area contributed by atoms with Gasteiger partial charge in [0.1, 0.15) is 11.0 Å². The van der Waals surface area contributed by atoms with Crippen molar-refractivity contribution in [2.24, 2.45) is 0 Å². The molecule has 0 bridgehead atoms. The number of nitrogens with zero attached hydrogens (tertiary/aromatic N) is 4. The Labute approximate surface area is 133 Å². The first-order valence-corrected chi connectivity index (χ1v) is 8.26. The lowest BCUT2D eigenvalue weighted by Crippen LogP contribution is -2.23. The number of benzene rings is 1. The summed E-state index contributed by atoms with van der Waals surface area (Å²) in [5.41, 5.74) is 4.12. The lowest BCUT2D eigenvalue weighted by molar-refractivity contribution is 0.594. The summed E-state index contributed by atoms with van der Waals surface area (Å²) in [5, 5.41) is 6.73. The van der Waals surface area contributed by atoms with E-state index < -0.39 is 0 Å². The average Bonchev–Trinajstić information content (AvgIpc) is 3.19. The van der Waals surface area contributed by atoms with Crippen LogP contribution in [-0.2, 0) is 13.0 Å². The summed E-state index contributed by atoms with van der Waals surface area (Å²) in [4.78, 5) is 4.33. The summed E-state index contributed by atoms with van der Waals surface area (Å²) >= 11 is 1.25. The van der Waals surface area contributed by atoms with Gasteiger partial charge in [0.05, 0.1) is 30.4 Å². The van der Waals surface area contributed by atoms with Gasteiger partial charge in [0.15, 0.2) is 0 Å². The zero-order chi connectivity index (χ0) is 15.2. The van der Waals surface area contributed by atoms with Crippen molar-refractivity contribution < 1.29 is 0 Å². The van der Waals surface area contributed by atoms with E-state index in [2.05, 4.69) is 42.1 Å². The molecule has 0 saturated heterocycles. The number of rotatable bonds is 8. The van der Waals surface area contributed by atoms with Crippen molar-refractivity contribution in [1.82, 2.24) is 23.6 Å². The first-order chi connectivity index (χ1) is 10.8. The van der Waals surface area contributed by atoms with Gasteiger partial charge in [-0.3, -0.25) is 0 Å². The normalized spacial score (nSPS) is 11.1. The number of nitrogens with one attached hydrogen (secondary N) is 2. The van der Waals surface area contributed by atoms with Crippen LogP contribution in [0.4, 0.5) is 5.69 Å². The van der Waals surface area contributed by atoms with Gasteiger partial charge >= 0.3 is 0 Å². The Morgan fingerprint density at radius 1 is 1.23 bits per heavy atom. The molecule has 0 spiro atoms. The molecule has 6 nitrogen and oxygen atoms in total. The molecule has 0 atom stereocenters. The molecule has 3 aromatic rings. The van der Waals surface area contributed by atoms with E-state index in [0.29, 0.717) is 0 Å². The summed E-state index contributed by atoms with van der Waals surface area (Å²) < 4.78 is 10.6. The highest BCUT2D eigenvalue weighted by Crippen LogP contribution is 2.16. The standard InChI is InChI=1S/C15H20N6S/c1-2-12-9-21(11-18-12)7-3-6-16-10-17-13-4-5-14-15(8-13)20-22-19-14/h4-5,8-9,11,16-17H,2-3,6-7,10H2,1H3. The minimum atomic E-state index is 0.743. The van der Waals surface area contributed by atoms with Gasteiger partial charge in [0.2, 0.25) is 0 Å². The van der Waals surface area contributed by atoms with E-state index in [-0.39, 0.29) is 0 Å². The Morgan fingerprint density at radius 3 is 3.00 bits per heavy atom. The van der Waals surface area contributed by atoms with Crippen LogP contribution in [0.2, 0.25) is 0 Å². The molecular formula is C15H20N6S. The number of hydrogen-bond donors (Lipinski definition) is 2. The fourth-order valence-corrected chi connectivity index (χ4v) is 2.76. The second-order valence-corrected chi connectivity index (χ2v) is 5.66. The smallest absolute Gasteiger partial charge is 0.106 e. The van der Waals surface area contributed by atoms with E-state index in [9.17, 15) is 0 Å². The van der Waals surface area contributed by atoms with Crippen LogP contribution in [0.1, 0.15) is 19.0 Å². The summed E-state index contributed by atoms with van der Waals surface area (Å²) in [6.45, 7) is 4.83. The molecule has 2 N–H and O–H groups in total. The molecule has 1 aromatic carbocycles. The molecule has 7 heteroatoms. The van der Waals surface area contributed by atoms with E-state index in [1.54, 1.807) is 0 Å². The molecule has 116 valence electrons. The molecular weight excluding hydrogens is 296 g/mol.